The standard InChI is InChI=1S/C26H36N2O5/c1-3-7-16(4-2)17-8-5-9-18(13-12-17)33-21-11-6-10-19-23(21)26(32)28(25(19)31)20-14-15-22(29)27-24(20)30/h6,10-11,16-18,20,24,30H,3-5,7-9,12-15H2,1-2H3,(H,27,29). The van der Waals surface area contributed by atoms with Crippen LogP contribution in [0.1, 0.15) is 98.8 Å². The van der Waals surface area contributed by atoms with Gasteiger partial charge >= 0.3 is 0 Å². The van der Waals surface area contributed by atoms with Gasteiger partial charge in [0.05, 0.1) is 23.3 Å². The molecule has 180 valence electrons. The summed E-state index contributed by atoms with van der Waals surface area (Å²) < 4.78 is 6.37. The number of rotatable bonds is 7. The van der Waals surface area contributed by atoms with Gasteiger partial charge in [0.2, 0.25) is 5.91 Å². The molecule has 1 aliphatic carbocycles. The van der Waals surface area contributed by atoms with Crippen molar-refractivity contribution in [2.45, 2.75) is 96.4 Å². The minimum absolute atomic E-state index is 0.0251. The van der Waals surface area contributed by atoms with E-state index in [-0.39, 0.29) is 30.4 Å². The Hall–Kier alpha value is -2.41. The van der Waals surface area contributed by atoms with Crippen molar-refractivity contribution in [3.8, 4) is 5.75 Å². The molecule has 0 bridgehead atoms. The number of benzene rings is 1. The molecule has 33 heavy (non-hydrogen) atoms. The predicted octanol–water partition coefficient (Wildman–Crippen LogP) is 4.03. The van der Waals surface area contributed by atoms with E-state index in [1.807, 2.05) is 0 Å². The van der Waals surface area contributed by atoms with Crippen LogP contribution in [0.2, 0.25) is 0 Å². The van der Waals surface area contributed by atoms with Gasteiger partial charge in [-0.05, 0) is 56.1 Å². The molecule has 3 amide bonds. The van der Waals surface area contributed by atoms with Crippen LogP contribution in [0.3, 0.4) is 0 Å². The Bertz CT molecular complexity index is 901. The van der Waals surface area contributed by atoms with Crippen molar-refractivity contribution >= 4 is 17.7 Å². The summed E-state index contributed by atoms with van der Waals surface area (Å²) in [4.78, 5) is 39.0. The fraction of sp³-hybridized carbons (Fsp3) is 0.654. The summed E-state index contributed by atoms with van der Waals surface area (Å²) in [5.41, 5.74) is 0.590. The van der Waals surface area contributed by atoms with Crippen molar-refractivity contribution in [3.05, 3.63) is 29.3 Å². The zero-order valence-corrected chi connectivity index (χ0v) is 19.7. The number of carbonyl (C=O) groups is 3. The lowest BCUT2D eigenvalue weighted by Crippen LogP contribution is -2.57. The van der Waals surface area contributed by atoms with Crippen LogP contribution in [0, 0.1) is 11.8 Å². The minimum Gasteiger partial charge on any atom is -0.490 e. The number of carbonyl (C=O) groups excluding carboxylic acids is 3. The lowest BCUT2D eigenvalue weighted by molar-refractivity contribution is -0.129. The molecule has 1 saturated heterocycles. The molecule has 3 aliphatic rings. The Morgan fingerprint density at radius 1 is 1.09 bits per heavy atom. The van der Waals surface area contributed by atoms with Crippen molar-refractivity contribution in [2.75, 3.05) is 0 Å². The highest BCUT2D eigenvalue weighted by Crippen LogP contribution is 2.38. The Balaban J connectivity index is 1.49. The second-order valence-electron chi connectivity index (χ2n) is 9.74. The van der Waals surface area contributed by atoms with Crippen LogP contribution in [0.5, 0.6) is 5.75 Å². The molecular formula is C26H36N2O5. The van der Waals surface area contributed by atoms with E-state index < -0.39 is 24.1 Å². The smallest absolute Gasteiger partial charge is 0.265 e. The second kappa shape index (κ2) is 10.2. The number of ether oxygens (including phenoxy) is 1. The lowest BCUT2D eigenvalue weighted by atomic mass is 9.82. The van der Waals surface area contributed by atoms with Crippen molar-refractivity contribution in [3.63, 3.8) is 0 Å². The third-order valence-corrected chi connectivity index (χ3v) is 7.68. The van der Waals surface area contributed by atoms with Gasteiger partial charge in [0.15, 0.2) is 0 Å². The predicted molar refractivity (Wildman–Crippen MR) is 124 cm³/mol. The van der Waals surface area contributed by atoms with Crippen molar-refractivity contribution < 1.29 is 24.2 Å². The number of hydrogen-bond donors (Lipinski definition) is 2. The summed E-state index contributed by atoms with van der Waals surface area (Å²) in [6.45, 7) is 4.54. The van der Waals surface area contributed by atoms with E-state index in [1.54, 1.807) is 18.2 Å². The third kappa shape index (κ3) is 4.79. The van der Waals surface area contributed by atoms with Crippen molar-refractivity contribution in [1.29, 1.82) is 0 Å². The van der Waals surface area contributed by atoms with Gasteiger partial charge in [-0.15, -0.1) is 0 Å². The maximum atomic E-state index is 13.3. The summed E-state index contributed by atoms with van der Waals surface area (Å²) in [6, 6.07) is 4.37. The van der Waals surface area contributed by atoms with E-state index in [2.05, 4.69) is 19.2 Å². The number of nitrogens with zero attached hydrogens (tertiary/aromatic N) is 1. The van der Waals surface area contributed by atoms with E-state index in [0.29, 0.717) is 11.3 Å². The number of amides is 3. The van der Waals surface area contributed by atoms with Crippen LogP contribution >= 0.6 is 0 Å². The minimum atomic E-state index is -1.26. The van der Waals surface area contributed by atoms with Crippen LogP contribution in [0.4, 0.5) is 0 Å². The fourth-order valence-corrected chi connectivity index (χ4v) is 5.92. The third-order valence-electron chi connectivity index (χ3n) is 7.68. The zero-order chi connectivity index (χ0) is 23.5. The molecule has 4 rings (SSSR count). The summed E-state index contributed by atoms with van der Waals surface area (Å²) in [5, 5.41) is 12.7. The molecule has 2 fully saturated rings. The number of fused-ring (bicyclic) bond motifs is 1. The summed E-state index contributed by atoms with van der Waals surface area (Å²) >= 11 is 0. The molecule has 0 spiro atoms. The van der Waals surface area contributed by atoms with Crippen molar-refractivity contribution in [1.82, 2.24) is 10.2 Å². The molecule has 2 heterocycles. The highest BCUT2D eigenvalue weighted by Gasteiger charge is 2.46. The van der Waals surface area contributed by atoms with Gasteiger partial charge in [0, 0.05) is 6.42 Å². The Morgan fingerprint density at radius 3 is 2.64 bits per heavy atom. The first kappa shape index (κ1) is 23.7. The average molecular weight is 457 g/mol. The monoisotopic (exact) mass is 456 g/mol. The molecule has 1 aromatic carbocycles. The highest BCUT2D eigenvalue weighted by atomic mass is 16.5. The van der Waals surface area contributed by atoms with Crippen LogP contribution in [-0.2, 0) is 4.79 Å². The molecule has 5 atom stereocenters. The van der Waals surface area contributed by atoms with E-state index >= 15 is 0 Å². The Kier molecular flexibility index (Phi) is 7.37. The molecular weight excluding hydrogens is 420 g/mol. The quantitative estimate of drug-likeness (QED) is 0.477. The molecule has 1 aromatic rings. The first-order chi connectivity index (χ1) is 15.9. The number of piperidine rings is 1. The summed E-state index contributed by atoms with van der Waals surface area (Å²) in [6.07, 6.45) is 8.25. The molecule has 5 unspecified atom stereocenters. The fourth-order valence-electron chi connectivity index (χ4n) is 5.92. The normalized spacial score (nSPS) is 28.8. The molecule has 7 heteroatoms. The molecule has 1 saturated carbocycles. The van der Waals surface area contributed by atoms with E-state index in [9.17, 15) is 19.5 Å². The largest absolute Gasteiger partial charge is 0.490 e. The van der Waals surface area contributed by atoms with Gasteiger partial charge in [0.25, 0.3) is 11.8 Å². The zero-order valence-electron chi connectivity index (χ0n) is 19.7. The SMILES string of the molecule is CCCC(CC)C1CCCC(Oc2cccc3c2C(=O)N(C2CCC(=O)NC2O)C3=O)CC1. The van der Waals surface area contributed by atoms with E-state index in [0.717, 1.165) is 42.4 Å². The van der Waals surface area contributed by atoms with Gasteiger partial charge in [-0.25, -0.2) is 0 Å². The van der Waals surface area contributed by atoms with Gasteiger partial charge in [-0.1, -0.05) is 45.6 Å². The summed E-state index contributed by atoms with van der Waals surface area (Å²) in [5.74, 6) is 0.775. The number of imide groups is 1. The van der Waals surface area contributed by atoms with Crippen LogP contribution < -0.4 is 10.1 Å². The van der Waals surface area contributed by atoms with Crippen LogP contribution in [-0.4, -0.2) is 46.1 Å². The summed E-state index contributed by atoms with van der Waals surface area (Å²) in [7, 11) is 0. The van der Waals surface area contributed by atoms with Gasteiger partial charge in [-0.2, -0.15) is 0 Å². The highest BCUT2D eigenvalue weighted by molar-refractivity contribution is 6.23. The molecule has 2 N–H and O–H groups in total. The van der Waals surface area contributed by atoms with Gasteiger partial charge in [-0.3, -0.25) is 19.3 Å². The second-order valence-corrected chi connectivity index (χ2v) is 9.74. The Labute approximate surface area is 195 Å². The van der Waals surface area contributed by atoms with E-state index in [1.165, 1.54) is 25.7 Å². The van der Waals surface area contributed by atoms with Gasteiger partial charge in [0.1, 0.15) is 12.0 Å². The molecule has 7 nitrogen and oxygen atoms in total. The average Bonchev–Trinajstić information content (AvgIpc) is 2.94. The number of hydrogen-bond acceptors (Lipinski definition) is 5. The number of aliphatic hydroxyl groups excluding tert-OH is 1. The topological polar surface area (TPSA) is 95.9 Å². The van der Waals surface area contributed by atoms with E-state index in [4.69, 9.17) is 4.74 Å². The van der Waals surface area contributed by atoms with Gasteiger partial charge < -0.3 is 15.2 Å². The van der Waals surface area contributed by atoms with Crippen LogP contribution in [0.15, 0.2) is 18.2 Å². The number of nitrogens with one attached hydrogen (secondary N) is 1. The first-order valence-electron chi connectivity index (χ1n) is 12.6. The maximum Gasteiger partial charge on any atom is 0.265 e. The van der Waals surface area contributed by atoms with Crippen LogP contribution in [0.25, 0.3) is 0 Å². The first-order valence-corrected chi connectivity index (χ1v) is 12.6. The Morgan fingerprint density at radius 2 is 1.91 bits per heavy atom. The molecule has 2 aliphatic heterocycles. The molecule has 0 radical (unpaired) electrons. The number of aliphatic hydroxyl groups is 1. The van der Waals surface area contributed by atoms with Crippen molar-refractivity contribution in [2.24, 2.45) is 11.8 Å². The lowest BCUT2D eigenvalue weighted by Gasteiger charge is -2.33. The maximum absolute atomic E-state index is 13.3. The molecule has 0 aromatic heterocycles.